The summed E-state index contributed by atoms with van der Waals surface area (Å²) in [5.74, 6) is 1.13. The Kier molecular flexibility index (Phi) is 9.37. The van der Waals surface area contributed by atoms with Crippen LogP contribution < -0.4 is 14.8 Å². The van der Waals surface area contributed by atoms with Crippen molar-refractivity contribution in [3.05, 3.63) is 59.2 Å². The van der Waals surface area contributed by atoms with Crippen LogP contribution in [0.1, 0.15) is 62.1 Å². The molecule has 0 aromatic heterocycles. The molecule has 1 aliphatic rings. The van der Waals surface area contributed by atoms with Gasteiger partial charge in [0.1, 0.15) is 17.5 Å². The van der Waals surface area contributed by atoms with E-state index in [4.69, 9.17) is 9.47 Å². The number of nitrogens with zero attached hydrogens (tertiary/aromatic N) is 1. The molecule has 1 fully saturated rings. The van der Waals surface area contributed by atoms with Gasteiger partial charge in [0, 0.05) is 12.6 Å². The number of nitrogens with one attached hydrogen (secondary N) is 1. The number of amides is 2. The third-order valence-electron chi connectivity index (χ3n) is 6.41. The highest BCUT2D eigenvalue weighted by molar-refractivity contribution is 5.88. The molecule has 0 heterocycles. The van der Waals surface area contributed by atoms with Gasteiger partial charge in [0.25, 0.3) is 5.91 Å². The Balaban J connectivity index is 1.76. The summed E-state index contributed by atoms with van der Waals surface area (Å²) in [7, 11) is 1.62. The first kappa shape index (κ1) is 25.6. The molecule has 1 N–H and O–H groups in total. The van der Waals surface area contributed by atoms with Crippen molar-refractivity contribution in [1.29, 1.82) is 0 Å². The fourth-order valence-electron chi connectivity index (χ4n) is 4.64. The van der Waals surface area contributed by atoms with Crippen LogP contribution in [0.4, 0.5) is 0 Å². The predicted molar refractivity (Wildman–Crippen MR) is 134 cm³/mol. The smallest absolute Gasteiger partial charge is 0.261 e. The standard InChI is InChI=1S/C28H38N2O4/c1-5-26(28(32)29-23-9-7-6-8-10-23)30(18-22-11-13-24(33-4)14-12-22)27(31)19-34-25-16-20(2)15-21(3)17-25/h11-17,23,26H,5-10,18-19H2,1-4H3,(H,29,32)/t26-/m0/s1. The number of hydrogen-bond donors (Lipinski definition) is 1. The number of benzene rings is 2. The molecule has 0 spiro atoms. The summed E-state index contributed by atoms with van der Waals surface area (Å²) in [5, 5.41) is 3.20. The minimum atomic E-state index is -0.556. The summed E-state index contributed by atoms with van der Waals surface area (Å²) in [4.78, 5) is 28.3. The lowest BCUT2D eigenvalue weighted by molar-refractivity contribution is -0.143. The van der Waals surface area contributed by atoms with Crippen LogP contribution in [-0.2, 0) is 16.1 Å². The largest absolute Gasteiger partial charge is 0.497 e. The number of ether oxygens (including phenoxy) is 2. The molecular formula is C28H38N2O4. The van der Waals surface area contributed by atoms with Crippen LogP contribution >= 0.6 is 0 Å². The summed E-state index contributed by atoms with van der Waals surface area (Å²) < 4.78 is 11.1. The Morgan fingerprint density at radius 3 is 2.24 bits per heavy atom. The minimum Gasteiger partial charge on any atom is -0.497 e. The Morgan fingerprint density at radius 2 is 1.65 bits per heavy atom. The fraction of sp³-hybridized carbons (Fsp3) is 0.500. The Bertz CT molecular complexity index is 931. The lowest BCUT2D eigenvalue weighted by atomic mass is 9.95. The van der Waals surface area contributed by atoms with Gasteiger partial charge in [-0.3, -0.25) is 9.59 Å². The second kappa shape index (κ2) is 12.4. The van der Waals surface area contributed by atoms with E-state index in [1.165, 1.54) is 6.42 Å². The average Bonchev–Trinajstić information content (AvgIpc) is 2.83. The van der Waals surface area contributed by atoms with Crippen molar-refractivity contribution in [2.45, 2.75) is 77.9 Å². The molecule has 0 radical (unpaired) electrons. The molecule has 1 aliphatic carbocycles. The number of carbonyl (C=O) groups excluding carboxylic acids is 2. The van der Waals surface area contributed by atoms with Gasteiger partial charge in [-0.25, -0.2) is 0 Å². The first-order valence-corrected chi connectivity index (χ1v) is 12.3. The van der Waals surface area contributed by atoms with Crippen molar-refractivity contribution >= 4 is 11.8 Å². The van der Waals surface area contributed by atoms with Crippen molar-refractivity contribution < 1.29 is 19.1 Å². The van der Waals surface area contributed by atoms with E-state index in [0.29, 0.717) is 18.7 Å². The first-order valence-electron chi connectivity index (χ1n) is 12.3. The van der Waals surface area contributed by atoms with Crippen LogP contribution in [0, 0.1) is 13.8 Å². The van der Waals surface area contributed by atoms with Gasteiger partial charge in [0.15, 0.2) is 6.61 Å². The average molecular weight is 467 g/mol. The van der Waals surface area contributed by atoms with Crippen molar-refractivity contribution in [2.24, 2.45) is 0 Å². The second-order valence-electron chi connectivity index (χ2n) is 9.25. The number of rotatable bonds is 10. The van der Waals surface area contributed by atoms with Gasteiger partial charge < -0.3 is 19.7 Å². The van der Waals surface area contributed by atoms with Crippen LogP contribution in [-0.4, -0.2) is 42.5 Å². The van der Waals surface area contributed by atoms with Gasteiger partial charge >= 0.3 is 0 Å². The zero-order valence-electron chi connectivity index (χ0n) is 20.9. The van der Waals surface area contributed by atoms with Gasteiger partial charge in [-0.2, -0.15) is 0 Å². The predicted octanol–water partition coefficient (Wildman–Crippen LogP) is 4.95. The van der Waals surface area contributed by atoms with Crippen molar-refractivity contribution in [2.75, 3.05) is 13.7 Å². The second-order valence-corrected chi connectivity index (χ2v) is 9.25. The van der Waals surface area contributed by atoms with E-state index < -0.39 is 6.04 Å². The zero-order valence-corrected chi connectivity index (χ0v) is 20.9. The van der Waals surface area contributed by atoms with Gasteiger partial charge in [0.05, 0.1) is 7.11 Å². The highest BCUT2D eigenvalue weighted by atomic mass is 16.5. The molecule has 2 aromatic carbocycles. The maximum absolute atomic E-state index is 13.4. The SMILES string of the molecule is CC[C@@H](C(=O)NC1CCCCC1)N(Cc1ccc(OC)cc1)C(=O)COc1cc(C)cc(C)c1. The van der Waals surface area contributed by atoms with Crippen LogP contribution in [0.15, 0.2) is 42.5 Å². The van der Waals surface area contributed by atoms with Gasteiger partial charge in [0.2, 0.25) is 5.91 Å². The monoisotopic (exact) mass is 466 g/mol. The van der Waals surface area contributed by atoms with Gasteiger partial charge in [-0.05, 0) is 74.1 Å². The lowest BCUT2D eigenvalue weighted by Gasteiger charge is -2.32. The zero-order chi connectivity index (χ0) is 24.5. The number of hydrogen-bond acceptors (Lipinski definition) is 4. The molecule has 0 unspecified atom stereocenters. The third kappa shape index (κ3) is 7.24. The Hall–Kier alpha value is -3.02. The van der Waals surface area contributed by atoms with E-state index in [2.05, 4.69) is 11.4 Å². The molecule has 34 heavy (non-hydrogen) atoms. The molecule has 1 atom stereocenters. The minimum absolute atomic E-state index is 0.0809. The van der Waals surface area contributed by atoms with Crippen LogP contribution in [0.5, 0.6) is 11.5 Å². The Morgan fingerprint density at radius 1 is 1.00 bits per heavy atom. The van der Waals surface area contributed by atoms with Crippen molar-refractivity contribution in [1.82, 2.24) is 10.2 Å². The number of carbonyl (C=O) groups is 2. The molecule has 0 saturated heterocycles. The topological polar surface area (TPSA) is 67.9 Å². The van der Waals surface area contributed by atoms with E-state index >= 15 is 0 Å². The maximum atomic E-state index is 13.4. The summed E-state index contributed by atoms with van der Waals surface area (Å²) >= 11 is 0. The van der Waals surface area contributed by atoms with E-state index in [0.717, 1.165) is 48.1 Å². The highest BCUT2D eigenvalue weighted by Gasteiger charge is 2.30. The third-order valence-corrected chi connectivity index (χ3v) is 6.41. The molecule has 0 aliphatic heterocycles. The molecule has 6 heteroatoms. The van der Waals surface area contributed by atoms with Crippen LogP contribution in [0.25, 0.3) is 0 Å². The molecule has 184 valence electrons. The van der Waals surface area contributed by atoms with E-state index in [-0.39, 0.29) is 24.5 Å². The summed E-state index contributed by atoms with van der Waals surface area (Å²) in [6.07, 6.45) is 6.04. The van der Waals surface area contributed by atoms with E-state index in [9.17, 15) is 9.59 Å². The van der Waals surface area contributed by atoms with Crippen LogP contribution in [0.3, 0.4) is 0 Å². The highest BCUT2D eigenvalue weighted by Crippen LogP contribution is 2.21. The summed E-state index contributed by atoms with van der Waals surface area (Å²) in [6, 6.07) is 13.1. The summed E-state index contributed by atoms with van der Waals surface area (Å²) in [6.45, 7) is 6.16. The number of aryl methyl sites for hydroxylation is 2. The molecule has 0 bridgehead atoms. The quantitative estimate of drug-likeness (QED) is 0.538. The molecular weight excluding hydrogens is 428 g/mol. The normalized spacial score (nSPS) is 14.8. The molecule has 3 rings (SSSR count). The van der Waals surface area contributed by atoms with E-state index in [1.807, 2.05) is 57.2 Å². The van der Waals surface area contributed by atoms with Crippen LogP contribution in [0.2, 0.25) is 0 Å². The molecule has 2 amide bonds. The fourth-order valence-corrected chi connectivity index (χ4v) is 4.64. The molecule has 6 nitrogen and oxygen atoms in total. The summed E-state index contributed by atoms with van der Waals surface area (Å²) in [5.41, 5.74) is 3.09. The van der Waals surface area contributed by atoms with Gasteiger partial charge in [-0.1, -0.05) is 44.4 Å². The maximum Gasteiger partial charge on any atom is 0.261 e. The van der Waals surface area contributed by atoms with Crippen molar-refractivity contribution in [3.8, 4) is 11.5 Å². The van der Waals surface area contributed by atoms with Gasteiger partial charge in [-0.15, -0.1) is 0 Å². The lowest BCUT2D eigenvalue weighted by Crippen LogP contribution is -2.52. The Labute approximate surface area is 203 Å². The first-order chi connectivity index (χ1) is 16.4. The molecule has 2 aromatic rings. The van der Waals surface area contributed by atoms with Crippen molar-refractivity contribution in [3.63, 3.8) is 0 Å². The molecule has 1 saturated carbocycles. The van der Waals surface area contributed by atoms with E-state index in [1.54, 1.807) is 12.0 Å². The number of methoxy groups -OCH3 is 1.